The van der Waals surface area contributed by atoms with Gasteiger partial charge in [-0.3, -0.25) is 24.0 Å². The van der Waals surface area contributed by atoms with Crippen LogP contribution in [0.25, 0.3) is 0 Å². The first-order valence-electron chi connectivity index (χ1n) is 27.5. The number of rotatable bonds is 46. The van der Waals surface area contributed by atoms with Gasteiger partial charge in [-0.25, -0.2) is 0 Å². The molecule has 7 N–H and O–H groups in total. The molecule has 0 saturated carbocycles. The minimum atomic E-state index is -1.68. The van der Waals surface area contributed by atoms with Gasteiger partial charge in [0.1, 0.15) is 43.0 Å². The van der Waals surface area contributed by atoms with E-state index < -0.39 is 86.2 Å². The molecule has 0 bridgehead atoms. The molecule has 1 saturated heterocycles. The Kier molecular flexibility index (Phi) is 39.9. The lowest BCUT2D eigenvalue weighted by Gasteiger charge is -2.42. The first-order valence-corrected chi connectivity index (χ1v) is 27.5. The molecular formula is C53H99N3O12. The SMILES string of the molecule is CCCCCCCCCCCCCC(=O)N[C@@H](CO[C@@H]1O[C@H](CO)[C@@H](O)[C@H](O)[C@H]1NC(=O)C[C@@H](CCCCCCCCCCC)OC(=O)CCCCCCCCCCCCC)C(=O)NCC(=O)O. The number of aliphatic hydroxyl groups excluding tert-OH is 3. The Balaban J connectivity index is 2.91. The van der Waals surface area contributed by atoms with Crippen LogP contribution in [0.15, 0.2) is 0 Å². The first kappa shape index (κ1) is 63.2. The van der Waals surface area contributed by atoms with Crippen molar-refractivity contribution in [2.45, 2.75) is 288 Å². The highest BCUT2D eigenvalue weighted by atomic mass is 16.7. The van der Waals surface area contributed by atoms with E-state index in [1.54, 1.807) is 0 Å². The van der Waals surface area contributed by atoms with Crippen molar-refractivity contribution >= 4 is 29.7 Å². The number of carbonyl (C=O) groups is 5. The van der Waals surface area contributed by atoms with Crippen molar-refractivity contribution in [3.8, 4) is 0 Å². The second kappa shape index (κ2) is 43.0. The molecule has 0 spiro atoms. The maximum atomic E-state index is 13.7. The van der Waals surface area contributed by atoms with Crippen molar-refractivity contribution in [2.75, 3.05) is 19.8 Å². The fourth-order valence-electron chi connectivity index (χ4n) is 8.77. The normalized spacial score (nSPS) is 19.0. The van der Waals surface area contributed by atoms with Crippen LogP contribution in [0.4, 0.5) is 0 Å². The minimum Gasteiger partial charge on any atom is -0.480 e. The minimum absolute atomic E-state index is 0.139. The summed E-state index contributed by atoms with van der Waals surface area (Å²) in [7, 11) is 0. The molecule has 15 heteroatoms. The van der Waals surface area contributed by atoms with Gasteiger partial charge >= 0.3 is 11.9 Å². The molecule has 15 nitrogen and oxygen atoms in total. The second-order valence-corrected chi connectivity index (χ2v) is 19.4. The largest absolute Gasteiger partial charge is 0.480 e. The standard InChI is InChI=1S/C53H99N3O12/c1-4-7-10-13-16-19-21-24-27-30-33-36-45(58)55-43(52(65)54-39-47(60)61)41-66-53-49(51(64)50(63)44(40-57)68-53)56-46(59)38-42(35-32-29-26-23-18-15-12-9-6-3)67-48(62)37-34-31-28-25-22-20-17-14-11-8-5-2/h42-44,49-51,53,57,63-64H,4-41H2,1-3H3,(H,54,65)(H,55,58)(H,56,59)(H,60,61)/t42-,43+,44-,49-,50-,51-,53-/m1/s1. The van der Waals surface area contributed by atoms with E-state index >= 15 is 0 Å². The number of unbranched alkanes of at least 4 members (excludes halogenated alkanes) is 28. The summed E-state index contributed by atoms with van der Waals surface area (Å²) in [6.07, 6.45) is 28.6. The van der Waals surface area contributed by atoms with Crippen LogP contribution in [0, 0.1) is 0 Å². The third-order valence-corrected chi connectivity index (χ3v) is 13.0. The number of ether oxygens (including phenoxy) is 3. The molecule has 1 rings (SSSR count). The molecule has 3 amide bonds. The third kappa shape index (κ3) is 32.9. The van der Waals surface area contributed by atoms with Gasteiger partial charge in [0.25, 0.3) is 0 Å². The topological polar surface area (TPSA) is 230 Å². The van der Waals surface area contributed by atoms with E-state index in [4.69, 9.17) is 14.2 Å². The van der Waals surface area contributed by atoms with Gasteiger partial charge in [0.2, 0.25) is 17.7 Å². The van der Waals surface area contributed by atoms with Crippen LogP contribution in [-0.2, 0) is 38.2 Å². The highest BCUT2D eigenvalue weighted by Gasteiger charge is 2.46. The molecule has 0 aromatic rings. The van der Waals surface area contributed by atoms with E-state index in [-0.39, 0.29) is 25.2 Å². The Morgan fingerprint density at radius 1 is 0.574 bits per heavy atom. The van der Waals surface area contributed by atoms with Gasteiger partial charge in [-0.2, -0.15) is 0 Å². The van der Waals surface area contributed by atoms with Gasteiger partial charge in [0, 0.05) is 12.8 Å². The molecule has 0 unspecified atom stereocenters. The second-order valence-electron chi connectivity index (χ2n) is 19.4. The summed E-state index contributed by atoms with van der Waals surface area (Å²) in [5.41, 5.74) is 0. The number of carboxylic acid groups (broad SMARTS) is 1. The number of carboxylic acids is 1. The number of nitrogens with one attached hydrogen (secondary N) is 3. The van der Waals surface area contributed by atoms with Crippen molar-refractivity contribution in [3.63, 3.8) is 0 Å². The summed E-state index contributed by atoms with van der Waals surface area (Å²) >= 11 is 0. The van der Waals surface area contributed by atoms with Crippen LogP contribution in [0.3, 0.4) is 0 Å². The Labute approximate surface area is 411 Å². The molecule has 0 aromatic carbocycles. The molecule has 1 aliphatic heterocycles. The van der Waals surface area contributed by atoms with Crippen LogP contribution in [-0.4, -0.2) is 113 Å². The van der Waals surface area contributed by atoms with Crippen LogP contribution < -0.4 is 16.0 Å². The zero-order valence-electron chi connectivity index (χ0n) is 43.0. The number of amides is 3. The molecular weight excluding hydrogens is 871 g/mol. The highest BCUT2D eigenvalue weighted by Crippen LogP contribution is 2.24. The predicted octanol–water partition coefficient (Wildman–Crippen LogP) is 9.24. The number of hydrogen-bond acceptors (Lipinski definition) is 11. The Morgan fingerprint density at radius 3 is 1.47 bits per heavy atom. The van der Waals surface area contributed by atoms with Gasteiger partial charge in [-0.15, -0.1) is 0 Å². The first-order chi connectivity index (χ1) is 33.0. The van der Waals surface area contributed by atoms with Crippen LogP contribution in [0.1, 0.15) is 245 Å². The third-order valence-electron chi connectivity index (χ3n) is 13.0. The zero-order chi connectivity index (χ0) is 50.0. The number of hydrogen-bond donors (Lipinski definition) is 7. The summed E-state index contributed by atoms with van der Waals surface area (Å²) < 4.78 is 17.6. The zero-order valence-corrected chi connectivity index (χ0v) is 43.0. The average molecular weight is 970 g/mol. The molecule has 0 radical (unpaired) electrons. The summed E-state index contributed by atoms with van der Waals surface area (Å²) in [5.74, 6) is -3.52. The van der Waals surface area contributed by atoms with Gasteiger partial charge in [-0.05, 0) is 25.7 Å². The van der Waals surface area contributed by atoms with E-state index in [9.17, 15) is 44.4 Å². The molecule has 0 aromatic heterocycles. The van der Waals surface area contributed by atoms with Gasteiger partial charge in [0.05, 0.1) is 19.6 Å². The molecule has 7 atom stereocenters. The smallest absolute Gasteiger partial charge is 0.322 e. The lowest BCUT2D eigenvalue weighted by molar-refractivity contribution is -0.271. The lowest BCUT2D eigenvalue weighted by atomic mass is 9.96. The highest BCUT2D eigenvalue weighted by molar-refractivity contribution is 5.89. The molecule has 68 heavy (non-hydrogen) atoms. The summed E-state index contributed by atoms with van der Waals surface area (Å²) in [6, 6.07) is -2.76. The quantitative estimate of drug-likeness (QED) is 0.0224. The van der Waals surface area contributed by atoms with Crippen molar-refractivity contribution < 1.29 is 58.6 Å². The van der Waals surface area contributed by atoms with Gasteiger partial charge in [-0.1, -0.05) is 201 Å². The molecule has 1 aliphatic rings. The van der Waals surface area contributed by atoms with E-state index in [0.29, 0.717) is 19.3 Å². The fourth-order valence-corrected chi connectivity index (χ4v) is 8.77. The van der Waals surface area contributed by atoms with Crippen molar-refractivity contribution in [3.05, 3.63) is 0 Å². The predicted molar refractivity (Wildman–Crippen MR) is 267 cm³/mol. The van der Waals surface area contributed by atoms with E-state index in [0.717, 1.165) is 70.6 Å². The van der Waals surface area contributed by atoms with E-state index in [1.807, 2.05) is 0 Å². The lowest BCUT2D eigenvalue weighted by Crippen LogP contribution is -2.65. The molecule has 398 valence electrons. The summed E-state index contributed by atoms with van der Waals surface area (Å²) in [4.78, 5) is 64.3. The van der Waals surface area contributed by atoms with Crippen LogP contribution >= 0.6 is 0 Å². The number of aliphatic hydroxyl groups is 3. The maximum absolute atomic E-state index is 13.7. The molecule has 1 fully saturated rings. The molecule has 0 aliphatic carbocycles. The van der Waals surface area contributed by atoms with Crippen molar-refractivity contribution in [1.29, 1.82) is 0 Å². The van der Waals surface area contributed by atoms with Crippen LogP contribution in [0.2, 0.25) is 0 Å². The van der Waals surface area contributed by atoms with Crippen molar-refractivity contribution in [1.82, 2.24) is 16.0 Å². The average Bonchev–Trinajstić information content (AvgIpc) is 3.31. The summed E-state index contributed by atoms with van der Waals surface area (Å²) in [6.45, 7) is 4.67. The number of aliphatic carboxylic acids is 1. The summed E-state index contributed by atoms with van der Waals surface area (Å²) in [5, 5.41) is 48.7. The number of carbonyl (C=O) groups excluding carboxylic acids is 4. The number of esters is 1. The fraction of sp³-hybridized carbons (Fsp3) is 0.906. The Morgan fingerprint density at radius 2 is 1.01 bits per heavy atom. The van der Waals surface area contributed by atoms with E-state index in [1.165, 1.54) is 116 Å². The Hall–Kier alpha value is -2.85. The van der Waals surface area contributed by atoms with Crippen LogP contribution in [0.5, 0.6) is 0 Å². The Bertz CT molecular complexity index is 1290. The van der Waals surface area contributed by atoms with E-state index in [2.05, 4.69) is 36.7 Å². The monoisotopic (exact) mass is 970 g/mol. The van der Waals surface area contributed by atoms with Gasteiger partial charge in [0.15, 0.2) is 6.29 Å². The maximum Gasteiger partial charge on any atom is 0.322 e. The van der Waals surface area contributed by atoms with Crippen molar-refractivity contribution in [2.24, 2.45) is 0 Å². The molecule has 1 heterocycles. The van der Waals surface area contributed by atoms with Gasteiger partial charge < -0.3 is 50.6 Å².